The highest BCUT2D eigenvalue weighted by Gasteiger charge is 2.44. The van der Waals surface area contributed by atoms with Crippen LogP contribution in [0.5, 0.6) is 5.88 Å². The third kappa shape index (κ3) is 3.12. The van der Waals surface area contributed by atoms with Gasteiger partial charge in [-0.2, -0.15) is 0 Å². The highest BCUT2D eigenvalue weighted by molar-refractivity contribution is 5.92. The number of ether oxygens (including phenoxy) is 2. The van der Waals surface area contributed by atoms with Crippen molar-refractivity contribution in [3.8, 4) is 5.88 Å². The molecule has 0 aromatic carbocycles. The summed E-state index contributed by atoms with van der Waals surface area (Å²) >= 11 is 0. The molecule has 0 radical (unpaired) electrons. The molecule has 1 amide bonds. The smallest absolute Gasteiger partial charge is 0.267 e. The minimum Gasteiger partial charge on any atom is -0.481 e. The van der Waals surface area contributed by atoms with Gasteiger partial charge in [-0.1, -0.05) is 0 Å². The molecule has 26 heavy (non-hydrogen) atoms. The van der Waals surface area contributed by atoms with E-state index < -0.39 is 0 Å². The van der Waals surface area contributed by atoms with Crippen molar-refractivity contribution in [3.63, 3.8) is 0 Å². The number of anilines is 1. The van der Waals surface area contributed by atoms with Gasteiger partial charge in [0.05, 0.1) is 19.8 Å². The van der Waals surface area contributed by atoms with Crippen LogP contribution in [0.4, 0.5) is 5.82 Å². The number of fused-ring (bicyclic) bond motifs is 1. The normalized spacial score (nSPS) is 24.5. The van der Waals surface area contributed by atoms with Gasteiger partial charge in [-0.25, -0.2) is 9.97 Å². The van der Waals surface area contributed by atoms with Crippen LogP contribution in [0.1, 0.15) is 10.5 Å². The van der Waals surface area contributed by atoms with Gasteiger partial charge in [-0.05, 0) is 12.1 Å². The van der Waals surface area contributed by atoms with Gasteiger partial charge in [-0.15, -0.1) is 0 Å². The molecule has 3 atom stereocenters. The lowest BCUT2D eigenvalue weighted by Crippen LogP contribution is -2.35. The number of carbonyl (C=O) groups is 1. The van der Waals surface area contributed by atoms with E-state index in [1.807, 2.05) is 36.0 Å². The maximum atomic E-state index is 12.3. The average molecular weight is 357 g/mol. The molecule has 2 aliphatic rings. The molecule has 8 heteroatoms. The van der Waals surface area contributed by atoms with Crippen LogP contribution in [0.3, 0.4) is 0 Å². The highest BCUT2D eigenvalue weighted by atomic mass is 16.5. The predicted molar refractivity (Wildman–Crippen MR) is 95.3 cm³/mol. The summed E-state index contributed by atoms with van der Waals surface area (Å²) in [6, 6.07) is 5.53. The zero-order chi connectivity index (χ0) is 18.1. The van der Waals surface area contributed by atoms with Gasteiger partial charge in [0.25, 0.3) is 5.91 Å². The fourth-order valence-electron chi connectivity index (χ4n) is 3.82. The summed E-state index contributed by atoms with van der Waals surface area (Å²) in [5, 5.41) is 3.05. The molecule has 0 unspecified atom stereocenters. The Balaban J connectivity index is 1.37. The Morgan fingerprint density at radius 3 is 3.08 bits per heavy atom. The van der Waals surface area contributed by atoms with Gasteiger partial charge in [-0.3, -0.25) is 4.79 Å². The maximum Gasteiger partial charge on any atom is 0.267 e. The van der Waals surface area contributed by atoms with Gasteiger partial charge in [0.15, 0.2) is 0 Å². The predicted octanol–water partition coefficient (Wildman–Crippen LogP) is 0.705. The molecular weight excluding hydrogens is 334 g/mol. The standard InChI is InChI=1S/C18H23N5O3/c1-22-5-3-4-14(22)18(24)19-7-12-10-26-15-9-23(8-13(12)15)16-6-17(25-2)21-11-20-16/h3-6,11-13,15H,7-10H2,1-2H3,(H,19,24)/t12-,13+,15+/m1/s1. The van der Waals surface area contributed by atoms with Crippen LogP contribution < -0.4 is 15.0 Å². The van der Waals surface area contributed by atoms with Crippen LogP contribution in [0.15, 0.2) is 30.7 Å². The van der Waals surface area contributed by atoms with Gasteiger partial charge >= 0.3 is 0 Å². The van der Waals surface area contributed by atoms with Gasteiger partial charge in [0.2, 0.25) is 5.88 Å². The number of rotatable bonds is 5. The molecule has 138 valence electrons. The molecule has 2 aromatic rings. The first kappa shape index (κ1) is 16.8. The van der Waals surface area contributed by atoms with Crippen LogP contribution in [0.25, 0.3) is 0 Å². The lowest BCUT2D eigenvalue weighted by Gasteiger charge is -2.21. The molecule has 4 heterocycles. The number of hydrogen-bond donors (Lipinski definition) is 1. The number of amides is 1. The van der Waals surface area contributed by atoms with Crippen LogP contribution >= 0.6 is 0 Å². The topological polar surface area (TPSA) is 81.5 Å². The van der Waals surface area contributed by atoms with Crippen LogP contribution in [0.2, 0.25) is 0 Å². The van der Waals surface area contributed by atoms with Crippen molar-refractivity contribution in [2.75, 3.05) is 38.3 Å². The Kier molecular flexibility index (Phi) is 4.50. The maximum absolute atomic E-state index is 12.3. The minimum atomic E-state index is -0.0451. The number of nitrogens with zero attached hydrogens (tertiary/aromatic N) is 4. The molecule has 8 nitrogen and oxygen atoms in total. The summed E-state index contributed by atoms with van der Waals surface area (Å²) in [6.45, 7) is 2.96. The van der Waals surface area contributed by atoms with Crippen molar-refractivity contribution in [1.29, 1.82) is 0 Å². The number of aromatic nitrogens is 3. The number of nitrogens with one attached hydrogen (secondary N) is 1. The number of methoxy groups -OCH3 is 1. The third-order valence-electron chi connectivity index (χ3n) is 5.30. The molecule has 2 saturated heterocycles. The Bertz CT molecular complexity index is 793. The first-order valence-electron chi connectivity index (χ1n) is 8.78. The van der Waals surface area contributed by atoms with Crippen LogP contribution in [0, 0.1) is 11.8 Å². The van der Waals surface area contributed by atoms with Crippen molar-refractivity contribution in [2.45, 2.75) is 6.10 Å². The van der Waals surface area contributed by atoms with Crippen molar-refractivity contribution < 1.29 is 14.3 Å². The van der Waals surface area contributed by atoms with Crippen LogP contribution in [-0.4, -0.2) is 59.9 Å². The Morgan fingerprint density at radius 2 is 2.31 bits per heavy atom. The number of aryl methyl sites for hydroxylation is 1. The second kappa shape index (κ2) is 6.95. The SMILES string of the molecule is COc1cc(N2C[C@H]3[C@H](CNC(=O)c4cccn4C)CO[C@H]3C2)ncn1. The van der Waals surface area contributed by atoms with Gasteiger partial charge in [0.1, 0.15) is 17.8 Å². The summed E-state index contributed by atoms with van der Waals surface area (Å²) < 4.78 is 13.0. The summed E-state index contributed by atoms with van der Waals surface area (Å²) in [4.78, 5) is 22.9. The Labute approximate surface area is 152 Å². The third-order valence-corrected chi connectivity index (χ3v) is 5.30. The summed E-state index contributed by atoms with van der Waals surface area (Å²) in [7, 11) is 3.47. The molecule has 0 saturated carbocycles. The summed E-state index contributed by atoms with van der Waals surface area (Å²) in [6.07, 6.45) is 3.56. The van der Waals surface area contributed by atoms with Gasteiger partial charge < -0.3 is 24.3 Å². The molecule has 0 spiro atoms. The zero-order valence-corrected chi connectivity index (χ0v) is 15.0. The summed E-state index contributed by atoms with van der Waals surface area (Å²) in [5.41, 5.74) is 0.668. The highest BCUT2D eigenvalue weighted by Crippen LogP contribution is 2.35. The fraction of sp³-hybridized carbons (Fsp3) is 0.500. The first-order valence-corrected chi connectivity index (χ1v) is 8.78. The molecule has 1 N–H and O–H groups in total. The van der Waals surface area contributed by atoms with Crippen LogP contribution in [-0.2, 0) is 11.8 Å². The summed E-state index contributed by atoms with van der Waals surface area (Å²) in [5.74, 6) is 2.04. The zero-order valence-electron chi connectivity index (χ0n) is 15.0. The van der Waals surface area contributed by atoms with E-state index in [2.05, 4.69) is 20.2 Å². The van der Waals surface area contributed by atoms with E-state index in [4.69, 9.17) is 9.47 Å². The molecule has 2 fully saturated rings. The lowest BCUT2D eigenvalue weighted by atomic mass is 9.93. The van der Waals surface area contributed by atoms with E-state index in [9.17, 15) is 4.79 Å². The second-order valence-electron chi connectivity index (χ2n) is 6.83. The van der Waals surface area contributed by atoms with E-state index >= 15 is 0 Å². The van der Waals surface area contributed by atoms with E-state index in [1.165, 1.54) is 6.33 Å². The molecule has 2 aromatic heterocycles. The molecule has 0 bridgehead atoms. The fourth-order valence-corrected chi connectivity index (χ4v) is 3.82. The van der Waals surface area contributed by atoms with E-state index in [1.54, 1.807) is 7.11 Å². The van der Waals surface area contributed by atoms with Crippen molar-refractivity contribution in [3.05, 3.63) is 36.4 Å². The van der Waals surface area contributed by atoms with Crippen molar-refractivity contribution in [1.82, 2.24) is 19.9 Å². The Hall–Kier alpha value is -2.61. The number of carbonyl (C=O) groups excluding carboxylic acids is 1. The number of hydrogen-bond acceptors (Lipinski definition) is 6. The molecule has 2 aliphatic heterocycles. The molecular formula is C18H23N5O3. The van der Waals surface area contributed by atoms with E-state index in [0.717, 1.165) is 18.9 Å². The molecule has 0 aliphatic carbocycles. The van der Waals surface area contributed by atoms with E-state index in [0.29, 0.717) is 36.6 Å². The first-order chi connectivity index (χ1) is 12.7. The lowest BCUT2D eigenvalue weighted by molar-refractivity contribution is 0.0932. The van der Waals surface area contributed by atoms with Gasteiger partial charge in [0, 0.05) is 50.8 Å². The monoisotopic (exact) mass is 357 g/mol. The average Bonchev–Trinajstić information content (AvgIpc) is 3.35. The minimum absolute atomic E-state index is 0.0451. The van der Waals surface area contributed by atoms with Crippen molar-refractivity contribution in [2.24, 2.45) is 18.9 Å². The van der Waals surface area contributed by atoms with Crippen molar-refractivity contribution >= 4 is 11.7 Å². The molecule has 4 rings (SSSR count). The quantitative estimate of drug-likeness (QED) is 0.849. The second-order valence-corrected chi connectivity index (χ2v) is 6.83. The largest absolute Gasteiger partial charge is 0.481 e. The Morgan fingerprint density at radius 1 is 1.42 bits per heavy atom. The van der Waals surface area contributed by atoms with E-state index in [-0.39, 0.29) is 12.0 Å².